The van der Waals surface area contributed by atoms with Crippen molar-refractivity contribution in [1.29, 1.82) is 0 Å². The van der Waals surface area contributed by atoms with Gasteiger partial charge in [-0.3, -0.25) is 0 Å². The van der Waals surface area contributed by atoms with Crippen molar-refractivity contribution in [3.8, 4) is 0 Å². The number of rotatable bonds is 4. The van der Waals surface area contributed by atoms with Crippen molar-refractivity contribution in [2.45, 2.75) is 46.6 Å². The van der Waals surface area contributed by atoms with Crippen LogP contribution in [0.3, 0.4) is 0 Å². The van der Waals surface area contributed by atoms with Gasteiger partial charge in [0.05, 0.1) is 5.60 Å². The molecule has 0 fully saturated rings. The lowest BCUT2D eigenvalue weighted by Gasteiger charge is -2.31. The second kappa shape index (κ2) is 4.10. The summed E-state index contributed by atoms with van der Waals surface area (Å²) in [6.07, 6.45) is 1.24. The molecule has 68 valence electrons. The van der Waals surface area contributed by atoms with Crippen LogP contribution in [0, 0.1) is 11.8 Å². The Kier molecular flexibility index (Phi) is 4.09. The van der Waals surface area contributed by atoms with Gasteiger partial charge in [0.25, 0.3) is 0 Å². The van der Waals surface area contributed by atoms with Crippen LogP contribution in [0.5, 0.6) is 0 Å². The third-order valence-electron chi connectivity index (χ3n) is 2.54. The van der Waals surface area contributed by atoms with Crippen LogP contribution in [-0.2, 0) is 4.74 Å². The first-order valence-electron chi connectivity index (χ1n) is 4.45. The third kappa shape index (κ3) is 3.76. The minimum absolute atomic E-state index is 0.0320. The van der Waals surface area contributed by atoms with E-state index in [1.807, 2.05) is 0 Å². The Morgan fingerprint density at radius 2 is 1.64 bits per heavy atom. The molecule has 1 unspecified atom stereocenters. The quantitative estimate of drug-likeness (QED) is 0.611. The lowest BCUT2D eigenvalue weighted by molar-refractivity contribution is -0.0280. The second-order valence-electron chi connectivity index (χ2n) is 4.34. The van der Waals surface area contributed by atoms with E-state index in [1.54, 1.807) is 7.11 Å². The first-order chi connectivity index (χ1) is 4.90. The summed E-state index contributed by atoms with van der Waals surface area (Å²) >= 11 is 0. The number of hydrogen-bond acceptors (Lipinski definition) is 1. The summed E-state index contributed by atoms with van der Waals surface area (Å²) in [6, 6.07) is 0. The molecule has 0 aromatic heterocycles. The number of methoxy groups -OCH3 is 1. The SMILES string of the molecule is COC(C)(C)C(C)CC(C)C. The van der Waals surface area contributed by atoms with Crippen molar-refractivity contribution in [3.63, 3.8) is 0 Å². The molecule has 0 spiro atoms. The molecule has 0 bridgehead atoms. The van der Waals surface area contributed by atoms with Crippen LogP contribution in [0.15, 0.2) is 0 Å². The molecule has 0 N–H and O–H groups in total. The van der Waals surface area contributed by atoms with Crippen molar-refractivity contribution < 1.29 is 4.74 Å². The molecule has 0 amide bonds. The van der Waals surface area contributed by atoms with E-state index in [0.717, 1.165) is 5.92 Å². The Morgan fingerprint density at radius 3 is 1.91 bits per heavy atom. The van der Waals surface area contributed by atoms with Gasteiger partial charge in [0.2, 0.25) is 0 Å². The zero-order valence-corrected chi connectivity index (χ0v) is 8.77. The molecule has 0 aromatic carbocycles. The Bertz CT molecular complexity index is 105. The maximum Gasteiger partial charge on any atom is 0.0648 e. The van der Waals surface area contributed by atoms with E-state index >= 15 is 0 Å². The summed E-state index contributed by atoms with van der Waals surface area (Å²) in [7, 11) is 1.79. The molecule has 1 nitrogen and oxygen atoms in total. The van der Waals surface area contributed by atoms with Gasteiger partial charge >= 0.3 is 0 Å². The van der Waals surface area contributed by atoms with Crippen molar-refractivity contribution in [2.75, 3.05) is 7.11 Å². The Labute approximate surface area is 71.1 Å². The van der Waals surface area contributed by atoms with Crippen LogP contribution in [-0.4, -0.2) is 12.7 Å². The topological polar surface area (TPSA) is 9.23 Å². The van der Waals surface area contributed by atoms with Gasteiger partial charge in [-0.05, 0) is 32.1 Å². The maximum absolute atomic E-state index is 5.40. The molecule has 0 heterocycles. The van der Waals surface area contributed by atoms with Crippen LogP contribution in [0.4, 0.5) is 0 Å². The van der Waals surface area contributed by atoms with Gasteiger partial charge in [0.1, 0.15) is 0 Å². The number of ether oxygens (including phenoxy) is 1. The fourth-order valence-corrected chi connectivity index (χ4v) is 1.19. The summed E-state index contributed by atoms with van der Waals surface area (Å²) < 4.78 is 5.40. The molecule has 11 heavy (non-hydrogen) atoms. The van der Waals surface area contributed by atoms with Gasteiger partial charge in [-0.2, -0.15) is 0 Å². The minimum Gasteiger partial charge on any atom is -0.379 e. The monoisotopic (exact) mass is 158 g/mol. The molecule has 0 rings (SSSR count). The first kappa shape index (κ1) is 11.0. The van der Waals surface area contributed by atoms with Crippen LogP contribution in [0.1, 0.15) is 41.0 Å². The summed E-state index contributed by atoms with van der Waals surface area (Å²) in [4.78, 5) is 0. The van der Waals surface area contributed by atoms with E-state index in [1.165, 1.54) is 6.42 Å². The fraction of sp³-hybridized carbons (Fsp3) is 1.00. The third-order valence-corrected chi connectivity index (χ3v) is 2.54. The smallest absolute Gasteiger partial charge is 0.0648 e. The van der Waals surface area contributed by atoms with Gasteiger partial charge in [-0.1, -0.05) is 20.8 Å². The van der Waals surface area contributed by atoms with Gasteiger partial charge in [-0.15, -0.1) is 0 Å². The molecule has 0 radical (unpaired) electrons. The molecule has 0 aliphatic heterocycles. The number of hydrogen-bond donors (Lipinski definition) is 0. The van der Waals surface area contributed by atoms with Gasteiger partial charge in [0.15, 0.2) is 0 Å². The van der Waals surface area contributed by atoms with Crippen LogP contribution >= 0.6 is 0 Å². The van der Waals surface area contributed by atoms with Gasteiger partial charge in [-0.25, -0.2) is 0 Å². The largest absolute Gasteiger partial charge is 0.379 e. The molecule has 0 aliphatic carbocycles. The molecule has 0 saturated heterocycles. The van der Waals surface area contributed by atoms with Gasteiger partial charge in [0, 0.05) is 7.11 Å². The molecule has 0 saturated carbocycles. The minimum atomic E-state index is 0.0320. The highest BCUT2D eigenvalue weighted by Gasteiger charge is 2.25. The highest BCUT2D eigenvalue weighted by molar-refractivity contribution is 4.76. The molecular weight excluding hydrogens is 136 g/mol. The molecular formula is C10H22O. The molecule has 1 heteroatoms. The van der Waals surface area contributed by atoms with E-state index in [2.05, 4.69) is 34.6 Å². The van der Waals surface area contributed by atoms with Crippen LogP contribution < -0.4 is 0 Å². The van der Waals surface area contributed by atoms with Crippen molar-refractivity contribution in [2.24, 2.45) is 11.8 Å². The average molecular weight is 158 g/mol. The summed E-state index contributed by atoms with van der Waals surface area (Å²) in [6.45, 7) is 11.1. The van der Waals surface area contributed by atoms with E-state index in [0.29, 0.717) is 5.92 Å². The second-order valence-corrected chi connectivity index (χ2v) is 4.34. The zero-order chi connectivity index (χ0) is 9.07. The van der Waals surface area contributed by atoms with E-state index in [9.17, 15) is 0 Å². The lowest BCUT2D eigenvalue weighted by Crippen LogP contribution is -2.32. The zero-order valence-electron chi connectivity index (χ0n) is 8.77. The summed E-state index contributed by atoms with van der Waals surface area (Å²) in [5.41, 5.74) is 0.0320. The molecule has 1 atom stereocenters. The molecule has 0 aliphatic rings. The van der Waals surface area contributed by atoms with Crippen LogP contribution in [0.2, 0.25) is 0 Å². The van der Waals surface area contributed by atoms with E-state index < -0.39 is 0 Å². The van der Waals surface area contributed by atoms with Crippen LogP contribution in [0.25, 0.3) is 0 Å². The van der Waals surface area contributed by atoms with E-state index in [-0.39, 0.29) is 5.60 Å². The fourth-order valence-electron chi connectivity index (χ4n) is 1.19. The predicted molar refractivity (Wildman–Crippen MR) is 49.7 cm³/mol. The standard InChI is InChI=1S/C10H22O/c1-8(2)7-9(3)10(4,5)11-6/h8-9H,7H2,1-6H3. The maximum atomic E-state index is 5.40. The van der Waals surface area contributed by atoms with Gasteiger partial charge < -0.3 is 4.74 Å². The Hall–Kier alpha value is -0.0400. The Morgan fingerprint density at radius 1 is 1.18 bits per heavy atom. The molecule has 0 aromatic rings. The summed E-state index contributed by atoms with van der Waals surface area (Å²) in [5.74, 6) is 1.40. The lowest BCUT2D eigenvalue weighted by atomic mass is 9.86. The first-order valence-corrected chi connectivity index (χ1v) is 4.45. The summed E-state index contributed by atoms with van der Waals surface area (Å²) in [5, 5.41) is 0. The van der Waals surface area contributed by atoms with Crippen molar-refractivity contribution in [1.82, 2.24) is 0 Å². The normalized spacial score (nSPS) is 15.5. The highest BCUT2D eigenvalue weighted by atomic mass is 16.5. The van der Waals surface area contributed by atoms with Crippen molar-refractivity contribution in [3.05, 3.63) is 0 Å². The Balaban J connectivity index is 3.90. The van der Waals surface area contributed by atoms with E-state index in [4.69, 9.17) is 4.74 Å². The van der Waals surface area contributed by atoms with Crippen molar-refractivity contribution >= 4 is 0 Å². The predicted octanol–water partition coefficient (Wildman–Crippen LogP) is 3.09. The average Bonchev–Trinajstić information content (AvgIpc) is 1.86. The highest BCUT2D eigenvalue weighted by Crippen LogP contribution is 2.25.